The van der Waals surface area contributed by atoms with E-state index in [1.165, 1.54) is 6.26 Å². The fourth-order valence-electron chi connectivity index (χ4n) is 2.60. The predicted molar refractivity (Wildman–Crippen MR) is 70.1 cm³/mol. The quantitative estimate of drug-likeness (QED) is 0.879. The van der Waals surface area contributed by atoms with Gasteiger partial charge in [-0.05, 0) is 36.9 Å². The Balaban J connectivity index is 2.04. The van der Waals surface area contributed by atoms with Gasteiger partial charge in [-0.1, -0.05) is 6.42 Å². The number of rotatable bonds is 6. The second kappa shape index (κ2) is 6.09. The van der Waals surface area contributed by atoms with Crippen LogP contribution in [0, 0.1) is 5.41 Å². The number of halogens is 3. The second-order valence-corrected chi connectivity index (χ2v) is 5.68. The van der Waals surface area contributed by atoms with Crippen LogP contribution in [-0.4, -0.2) is 30.1 Å². The fraction of sp³-hybridized carbons (Fsp3) is 0.643. The molecule has 0 aromatic carbocycles. The number of hydrogen-bond acceptors (Lipinski definition) is 3. The lowest BCUT2D eigenvalue weighted by molar-refractivity contribution is -0.165. The lowest BCUT2D eigenvalue weighted by Crippen LogP contribution is -2.45. The maximum absolute atomic E-state index is 12.7. The Labute approximate surface area is 121 Å². The molecule has 1 fully saturated rings. The highest BCUT2D eigenvalue weighted by Gasteiger charge is 2.40. The van der Waals surface area contributed by atoms with E-state index >= 15 is 0 Å². The standard InChI is InChI=1S/C14H19F3N2O2/c15-14(16,17)10-19(8-11-3-1-6-21-11)12(20)7-13(9-18)4-2-5-13/h1,3,6H,2,4-5,7-10,18H2. The molecule has 0 saturated heterocycles. The van der Waals surface area contributed by atoms with Gasteiger partial charge in [0.2, 0.25) is 5.91 Å². The molecule has 2 N–H and O–H groups in total. The fourth-order valence-corrected chi connectivity index (χ4v) is 2.60. The minimum Gasteiger partial charge on any atom is -0.467 e. The molecule has 0 radical (unpaired) electrons. The van der Waals surface area contributed by atoms with Gasteiger partial charge in [0.05, 0.1) is 12.8 Å². The predicted octanol–water partition coefficient (Wildman–Crippen LogP) is 2.69. The summed E-state index contributed by atoms with van der Waals surface area (Å²) in [5.41, 5.74) is 5.35. The van der Waals surface area contributed by atoms with Crippen molar-refractivity contribution in [3.05, 3.63) is 24.2 Å². The van der Waals surface area contributed by atoms with E-state index in [4.69, 9.17) is 10.2 Å². The molecule has 1 saturated carbocycles. The molecule has 4 nitrogen and oxygen atoms in total. The van der Waals surface area contributed by atoms with Gasteiger partial charge in [-0.15, -0.1) is 0 Å². The van der Waals surface area contributed by atoms with Crippen LogP contribution in [0.3, 0.4) is 0 Å². The molecular weight excluding hydrogens is 285 g/mol. The highest BCUT2D eigenvalue weighted by molar-refractivity contribution is 5.77. The zero-order valence-corrected chi connectivity index (χ0v) is 11.7. The third-order valence-electron chi connectivity index (χ3n) is 4.02. The van der Waals surface area contributed by atoms with Crippen molar-refractivity contribution in [2.75, 3.05) is 13.1 Å². The van der Waals surface area contributed by atoms with Gasteiger partial charge in [-0.25, -0.2) is 0 Å². The van der Waals surface area contributed by atoms with E-state index in [0.717, 1.165) is 24.2 Å². The molecule has 0 bridgehead atoms. The summed E-state index contributed by atoms with van der Waals surface area (Å²) in [7, 11) is 0. The van der Waals surface area contributed by atoms with E-state index in [-0.39, 0.29) is 18.4 Å². The van der Waals surface area contributed by atoms with Crippen molar-refractivity contribution >= 4 is 5.91 Å². The summed E-state index contributed by atoms with van der Waals surface area (Å²) in [6.07, 6.45) is -0.412. The second-order valence-electron chi connectivity index (χ2n) is 5.68. The molecule has 1 aromatic rings. The van der Waals surface area contributed by atoms with E-state index in [1.807, 2.05) is 0 Å². The molecule has 0 spiro atoms. The van der Waals surface area contributed by atoms with Crippen molar-refractivity contribution in [3.63, 3.8) is 0 Å². The number of alkyl halides is 3. The van der Waals surface area contributed by atoms with Crippen LogP contribution in [0.2, 0.25) is 0 Å². The normalized spacial score (nSPS) is 17.3. The van der Waals surface area contributed by atoms with Gasteiger partial charge in [0.1, 0.15) is 12.3 Å². The molecule has 21 heavy (non-hydrogen) atoms. The van der Waals surface area contributed by atoms with Crippen LogP contribution in [0.15, 0.2) is 22.8 Å². The van der Waals surface area contributed by atoms with Gasteiger partial charge in [-0.3, -0.25) is 4.79 Å². The van der Waals surface area contributed by atoms with Gasteiger partial charge < -0.3 is 15.1 Å². The summed E-state index contributed by atoms with van der Waals surface area (Å²) in [5, 5.41) is 0. The van der Waals surface area contributed by atoms with Crippen LogP contribution in [0.4, 0.5) is 13.2 Å². The molecular formula is C14H19F3N2O2. The molecule has 2 rings (SSSR count). The Bertz CT molecular complexity index is 462. The molecule has 1 aliphatic rings. The molecule has 118 valence electrons. The number of amides is 1. The number of furan rings is 1. The number of nitrogens with zero attached hydrogens (tertiary/aromatic N) is 1. The Kier molecular flexibility index (Phi) is 4.61. The van der Waals surface area contributed by atoms with Crippen molar-refractivity contribution in [1.29, 1.82) is 0 Å². The Hall–Kier alpha value is -1.50. The third kappa shape index (κ3) is 4.23. The number of hydrogen-bond donors (Lipinski definition) is 1. The van der Waals surface area contributed by atoms with Crippen LogP contribution in [0.5, 0.6) is 0 Å². The molecule has 1 aliphatic carbocycles. The highest BCUT2D eigenvalue weighted by Crippen LogP contribution is 2.43. The van der Waals surface area contributed by atoms with Crippen molar-refractivity contribution in [1.82, 2.24) is 4.90 Å². The topological polar surface area (TPSA) is 59.5 Å². The number of carbonyl (C=O) groups excluding carboxylic acids is 1. The minimum atomic E-state index is -4.43. The van der Waals surface area contributed by atoms with Gasteiger partial charge in [0, 0.05) is 6.42 Å². The van der Waals surface area contributed by atoms with E-state index < -0.39 is 18.6 Å². The number of nitrogens with two attached hydrogens (primary N) is 1. The Morgan fingerprint density at radius 3 is 2.57 bits per heavy atom. The van der Waals surface area contributed by atoms with E-state index in [0.29, 0.717) is 12.3 Å². The largest absolute Gasteiger partial charge is 0.467 e. The van der Waals surface area contributed by atoms with Crippen molar-refractivity contribution in [2.45, 2.75) is 38.4 Å². The monoisotopic (exact) mass is 304 g/mol. The maximum Gasteiger partial charge on any atom is 0.406 e. The van der Waals surface area contributed by atoms with Crippen LogP contribution in [0.1, 0.15) is 31.4 Å². The summed E-state index contributed by atoms with van der Waals surface area (Å²) >= 11 is 0. The average molecular weight is 304 g/mol. The first-order valence-electron chi connectivity index (χ1n) is 6.91. The van der Waals surface area contributed by atoms with Crippen LogP contribution >= 0.6 is 0 Å². The van der Waals surface area contributed by atoms with Gasteiger partial charge in [-0.2, -0.15) is 13.2 Å². The van der Waals surface area contributed by atoms with E-state index in [1.54, 1.807) is 12.1 Å². The summed E-state index contributed by atoms with van der Waals surface area (Å²) in [4.78, 5) is 13.0. The van der Waals surface area contributed by atoms with Crippen LogP contribution in [-0.2, 0) is 11.3 Å². The lowest BCUT2D eigenvalue weighted by atomic mass is 9.66. The molecule has 0 unspecified atom stereocenters. The zero-order valence-electron chi connectivity index (χ0n) is 11.7. The Morgan fingerprint density at radius 1 is 1.43 bits per heavy atom. The molecule has 1 aromatic heterocycles. The highest BCUT2D eigenvalue weighted by atomic mass is 19.4. The molecule has 0 atom stereocenters. The maximum atomic E-state index is 12.7. The van der Waals surface area contributed by atoms with Gasteiger partial charge in [0.15, 0.2) is 0 Å². The first kappa shape index (κ1) is 15.9. The lowest BCUT2D eigenvalue weighted by Gasteiger charge is -2.41. The third-order valence-corrected chi connectivity index (χ3v) is 4.02. The van der Waals surface area contributed by atoms with Crippen molar-refractivity contribution in [2.24, 2.45) is 11.1 Å². The van der Waals surface area contributed by atoms with Crippen LogP contribution in [0.25, 0.3) is 0 Å². The molecule has 1 heterocycles. The van der Waals surface area contributed by atoms with Gasteiger partial charge >= 0.3 is 6.18 Å². The first-order chi connectivity index (χ1) is 9.84. The minimum absolute atomic E-state index is 0.0697. The average Bonchev–Trinajstić information content (AvgIpc) is 2.84. The first-order valence-corrected chi connectivity index (χ1v) is 6.91. The van der Waals surface area contributed by atoms with Crippen LogP contribution < -0.4 is 5.73 Å². The molecule has 7 heteroatoms. The summed E-state index contributed by atoms with van der Waals surface area (Å²) in [6.45, 7) is -1.11. The van der Waals surface area contributed by atoms with Gasteiger partial charge in [0.25, 0.3) is 0 Å². The van der Waals surface area contributed by atoms with E-state index in [9.17, 15) is 18.0 Å². The van der Waals surface area contributed by atoms with Crippen molar-refractivity contribution in [3.8, 4) is 0 Å². The van der Waals surface area contributed by atoms with Crippen molar-refractivity contribution < 1.29 is 22.4 Å². The van der Waals surface area contributed by atoms with E-state index in [2.05, 4.69) is 0 Å². The molecule has 1 amide bonds. The SMILES string of the molecule is NCC1(CC(=O)N(Cc2ccco2)CC(F)(F)F)CCC1. The summed E-state index contributed by atoms with van der Waals surface area (Å²) < 4.78 is 43.0. The smallest absolute Gasteiger partial charge is 0.406 e. The Morgan fingerprint density at radius 2 is 2.14 bits per heavy atom. The molecule has 0 aliphatic heterocycles. The number of carbonyl (C=O) groups is 1. The summed E-state index contributed by atoms with van der Waals surface area (Å²) in [5.74, 6) is -0.183. The zero-order chi connectivity index (χ0) is 15.5. The summed E-state index contributed by atoms with van der Waals surface area (Å²) in [6, 6.07) is 3.14.